The smallest absolute Gasteiger partial charge is 0.225 e. The van der Waals surface area contributed by atoms with Gasteiger partial charge in [0.1, 0.15) is 28.5 Å². The predicted molar refractivity (Wildman–Crippen MR) is 128 cm³/mol. The molecular formula is C25H23N5OS. The van der Waals surface area contributed by atoms with Gasteiger partial charge in [0.15, 0.2) is 0 Å². The van der Waals surface area contributed by atoms with Crippen molar-refractivity contribution in [2.24, 2.45) is 0 Å². The lowest BCUT2D eigenvalue weighted by Gasteiger charge is -2.13. The van der Waals surface area contributed by atoms with E-state index in [4.69, 9.17) is 5.73 Å². The van der Waals surface area contributed by atoms with Crippen LogP contribution in [0.3, 0.4) is 0 Å². The quantitative estimate of drug-likeness (QED) is 0.513. The first-order valence-corrected chi connectivity index (χ1v) is 11.0. The van der Waals surface area contributed by atoms with Gasteiger partial charge in [-0.3, -0.25) is 4.79 Å². The van der Waals surface area contributed by atoms with Gasteiger partial charge in [0.25, 0.3) is 0 Å². The molecule has 0 bridgehead atoms. The summed E-state index contributed by atoms with van der Waals surface area (Å²) in [6, 6.07) is 17.6. The number of rotatable bonds is 6. The zero-order valence-electron chi connectivity index (χ0n) is 18.2. The lowest BCUT2D eigenvalue weighted by atomic mass is 9.96. The van der Waals surface area contributed by atoms with Crippen LogP contribution in [0.1, 0.15) is 34.2 Å². The van der Waals surface area contributed by atoms with Crippen LogP contribution in [-0.4, -0.2) is 16.6 Å². The molecule has 2 aromatic carbocycles. The van der Waals surface area contributed by atoms with E-state index >= 15 is 0 Å². The number of aryl methyl sites for hydroxylation is 2. The normalized spacial score (nSPS) is 10.3. The summed E-state index contributed by atoms with van der Waals surface area (Å²) in [5, 5.41) is 22.8. The second-order valence-corrected chi connectivity index (χ2v) is 8.49. The van der Waals surface area contributed by atoms with Gasteiger partial charge in [-0.2, -0.15) is 10.5 Å². The zero-order chi connectivity index (χ0) is 23.3. The van der Waals surface area contributed by atoms with E-state index < -0.39 is 0 Å². The number of hydrogen-bond donors (Lipinski definition) is 2. The van der Waals surface area contributed by atoms with Crippen molar-refractivity contribution >= 4 is 29.2 Å². The second kappa shape index (κ2) is 10.00. The van der Waals surface area contributed by atoms with Crippen molar-refractivity contribution < 1.29 is 4.79 Å². The van der Waals surface area contributed by atoms with E-state index in [1.807, 2.05) is 63.2 Å². The first kappa shape index (κ1) is 22.9. The molecule has 7 heteroatoms. The Bertz CT molecular complexity index is 1250. The molecule has 32 heavy (non-hydrogen) atoms. The number of nitrogens with two attached hydrogens (primary N) is 1. The molecule has 0 fully saturated rings. The molecule has 0 spiro atoms. The molecule has 6 nitrogen and oxygen atoms in total. The summed E-state index contributed by atoms with van der Waals surface area (Å²) >= 11 is 1.28. The van der Waals surface area contributed by atoms with E-state index in [1.165, 1.54) is 11.8 Å². The van der Waals surface area contributed by atoms with Crippen LogP contribution in [0.4, 0.5) is 11.5 Å². The Kier molecular flexibility index (Phi) is 7.14. The molecule has 3 N–H and O–H groups in total. The molecule has 0 unspecified atom stereocenters. The van der Waals surface area contributed by atoms with E-state index in [2.05, 4.69) is 22.4 Å². The SMILES string of the molecule is Cc1ccc(-c2c(C#N)c(N)nc(SCCC(=O)Nc3cccc(C)c3C)c2C#N)cc1. The molecule has 0 aliphatic heterocycles. The number of thioether (sulfide) groups is 1. The van der Waals surface area contributed by atoms with Gasteiger partial charge >= 0.3 is 0 Å². The van der Waals surface area contributed by atoms with Crippen LogP contribution < -0.4 is 11.1 Å². The summed E-state index contributed by atoms with van der Waals surface area (Å²) in [5.41, 5.74) is 11.7. The number of nitrogens with one attached hydrogen (secondary N) is 1. The molecule has 160 valence electrons. The molecule has 0 aliphatic carbocycles. The number of nitrogen functional groups attached to an aromatic ring is 1. The predicted octanol–water partition coefficient (Wildman–Crippen LogP) is 5.12. The van der Waals surface area contributed by atoms with Crippen LogP contribution in [-0.2, 0) is 4.79 Å². The Morgan fingerprint density at radius 2 is 1.75 bits per heavy atom. The van der Waals surface area contributed by atoms with Crippen LogP contribution in [0.25, 0.3) is 11.1 Å². The molecule has 1 heterocycles. The summed E-state index contributed by atoms with van der Waals surface area (Å²) in [5.74, 6) is 0.367. The average Bonchev–Trinajstić information content (AvgIpc) is 2.77. The maximum Gasteiger partial charge on any atom is 0.225 e. The van der Waals surface area contributed by atoms with Crippen LogP contribution in [0.2, 0.25) is 0 Å². The first-order chi connectivity index (χ1) is 15.3. The molecule has 1 aromatic heterocycles. The van der Waals surface area contributed by atoms with Crippen LogP contribution in [0.5, 0.6) is 0 Å². The third-order valence-corrected chi connectivity index (χ3v) is 6.18. The summed E-state index contributed by atoms with van der Waals surface area (Å²) in [4.78, 5) is 16.7. The molecule has 0 saturated carbocycles. The van der Waals surface area contributed by atoms with Crippen molar-refractivity contribution in [2.45, 2.75) is 32.2 Å². The second-order valence-electron chi connectivity index (χ2n) is 7.41. The van der Waals surface area contributed by atoms with Crippen molar-refractivity contribution in [1.29, 1.82) is 10.5 Å². The Balaban J connectivity index is 1.82. The Labute approximate surface area is 192 Å². The average molecular weight is 442 g/mol. The van der Waals surface area contributed by atoms with Crippen LogP contribution >= 0.6 is 11.8 Å². The van der Waals surface area contributed by atoms with E-state index in [0.29, 0.717) is 21.9 Å². The molecule has 3 aromatic rings. The van der Waals surface area contributed by atoms with E-state index in [1.54, 1.807) is 0 Å². The fourth-order valence-electron chi connectivity index (χ4n) is 3.25. The van der Waals surface area contributed by atoms with Crippen molar-refractivity contribution in [3.05, 3.63) is 70.3 Å². The topological polar surface area (TPSA) is 116 Å². The van der Waals surface area contributed by atoms with Crippen molar-refractivity contribution in [3.8, 4) is 23.3 Å². The minimum Gasteiger partial charge on any atom is -0.383 e. The highest BCUT2D eigenvalue weighted by Crippen LogP contribution is 2.35. The van der Waals surface area contributed by atoms with Crippen LogP contribution in [0, 0.1) is 43.4 Å². The molecule has 0 saturated heterocycles. The number of anilines is 2. The fraction of sp³-hybridized carbons (Fsp3) is 0.200. The van der Waals surface area contributed by atoms with Crippen molar-refractivity contribution in [2.75, 3.05) is 16.8 Å². The van der Waals surface area contributed by atoms with Crippen molar-refractivity contribution in [3.63, 3.8) is 0 Å². The molecule has 0 radical (unpaired) electrons. The fourth-order valence-corrected chi connectivity index (χ4v) is 4.19. The minimum absolute atomic E-state index is 0.0735. The van der Waals surface area contributed by atoms with Gasteiger partial charge in [0.2, 0.25) is 5.91 Å². The highest BCUT2D eigenvalue weighted by Gasteiger charge is 2.20. The standard InChI is InChI=1S/C25H23N5OS/c1-15-7-9-18(10-8-15)23-19(13-26)24(28)30-25(20(23)14-27)32-12-11-22(31)29-21-6-4-5-16(2)17(21)3/h4-10H,11-12H2,1-3H3,(H2,28,30)(H,29,31). The molecule has 0 aliphatic rings. The van der Waals surface area contributed by atoms with Gasteiger partial charge in [-0.15, -0.1) is 11.8 Å². The molecule has 0 atom stereocenters. The third kappa shape index (κ3) is 4.91. The number of nitrogens with zero attached hydrogens (tertiary/aromatic N) is 3. The summed E-state index contributed by atoms with van der Waals surface area (Å²) < 4.78 is 0. The monoisotopic (exact) mass is 441 g/mol. The number of aromatic nitrogens is 1. The van der Waals surface area contributed by atoms with Gasteiger partial charge in [-0.1, -0.05) is 42.0 Å². The minimum atomic E-state index is -0.120. The van der Waals surface area contributed by atoms with Gasteiger partial charge in [0.05, 0.1) is 5.56 Å². The highest BCUT2D eigenvalue weighted by atomic mass is 32.2. The summed E-state index contributed by atoms with van der Waals surface area (Å²) in [6.07, 6.45) is 0.240. The summed E-state index contributed by atoms with van der Waals surface area (Å²) in [7, 11) is 0. The summed E-state index contributed by atoms with van der Waals surface area (Å²) in [6.45, 7) is 5.93. The zero-order valence-corrected chi connectivity index (χ0v) is 19.0. The lowest BCUT2D eigenvalue weighted by Crippen LogP contribution is -2.13. The Hall–Kier alpha value is -3.81. The first-order valence-electron chi connectivity index (χ1n) is 10.0. The van der Waals surface area contributed by atoms with Gasteiger partial charge in [-0.25, -0.2) is 4.98 Å². The number of benzene rings is 2. The number of hydrogen-bond acceptors (Lipinski definition) is 6. The largest absolute Gasteiger partial charge is 0.383 e. The van der Waals surface area contributed by atoms with E-state index in [9.17, 15) is 15.3 Å². The van der Waals surface area contributed by atoms with Crippen molar-refractivity contribution in [1.82, 2.24) is 4.98 Å². The highest BCUT2D eigenvalue weighted by molar-refractivity contribution is 7.99. The number of carbonyl (C=O) groups excluding carboxylic acids is 1. The van der Waals surface area contributed by atoms with Gasteiger partial charge < -0.3 is 11.1 Å². The maximum absolute atomic E-state index is 12.4. The van der Waals surface area contributed by atoms with E-state index in [-0.39, 0.29) is 23.7 Å². The number of carbonyl (C=O) groups is 1. The maximum atomic E-state index is 12.4. The number of amides is 1. The molecule has 3 rings (SSSR count). The Morgan fingerprint density at radius 3 is 2.41 bits per heavy atom. The molecular weight excluding hydrogens is 418 g/mol. The van der Waals surface area contributed by atoms with E-state index in [0.717, 1.165) is 27.9 Å². The number of pyridine rings is 1. The van der Waals surface area contributed by atoms with Gasteiger partial charge in [-0.05, 0) is 43.5 Å². The van der Waals surface area contributed by atoms with Gasteiger partial charge in [0, 0.05) is 23.4 Å². The van der Waals surface area contributed by atoms with Crippen LogP contribution in [0.15, 0.2) is 47.5 Å². The lowest BCUT2D eigenvalue weighted by molar-refractivity contribution is -0.115. The third-order valence-electron chi connectivity index (χ3n) is 5.20. The number of nitriles is 2. The molecule has 1 amide bonds. The Morgan fingerprint density at radius 1 is 1.06 bits per heavy atom.